The number of carbonyl (C=O) groups is 3. The van der Waals surface area contributed by atoms with Gasteiger partial charge in [-0.3, -0.25) is 14.4 Å². The number of piperidine rings is 1. The van der Waals surface area contributed by atoms with Gasteiger partial charge in [0.15, 0.2) is 11.7 Å². The molecule has 1 N–H and O–H groups in total. The molecule has 0 aromatic carbocycles. The molecule has 1 heterocycles. The molecule has 1 fully saturated rings. The van der Waals surface area contributed by atoms with Crippen molar-refractivity contribution in [3.63, 3.8) is 0 Å². The van der Waals surface area contributed by atoms with Crippen molar-refractivity contribution in [2.24, 2.45) is 5.92 Å². The van der Waals surface area contributed by atoms with Crippen LogP contribution in [-0.2, 0) is 19.1 Å². The fourth-order valence-electron chi connectivity index (χ4n) is 1.06. The molecule has 0 bridgehead atoms. The highest BCUT2D eigenvalue weighted by Crippen LogP contribution is 2.08. The standard InChI is InChI=1S/C7H9NO4/c1-12-7(11)5-4(9)2-3-8-6(5)10/h5H,2-3H2,1H3,(H,8,10)/t5-/m0/s1. The SMILES string of the molecule is COC(=O)[C@H]1C(=O)CCNC1=O. The van der Waals surface area contributed by atoms with Crippen molar-refractivity contribution < 1.29 is 19.1 Å². The van der Waals surface area contributed by atoms with Crippen molar-refractivity contribution in [2.75, 3.05) is 13.7 Å². The molecular formula is C7H9NO4. The Morgan fingerprint density at radius 1 is 1.58 bits per heavy atom. The van der Waals surface area contributed by atoms with Gasteiger partial charge in [-0.1, -0.05) is 0 Å². The molecule has 1 rings (SSSR count). The summed E-state index contributed by atoms with van der Waals surface area (Å²) in [7, 11) is 1.15. The third-order valence-corrected chi connectivity index (χ3v) is 1.69. The summed E-state index contributed by atoms with van der Waals surface area (Å²) in [6, 6.07) is 0. The number of nitrogens with one attached hydrogen (secondary N) is 1. The summed E-state index contributed by atoms with van der Waals surface area (Å²) < 4.78 is 4.31. The van der Waals surface area contributed by atoms with Gasteiger partial charge in [-0.05, 0) is 0 Å². The van der Waals surface area contributed by atoms with E-state index in [0.29, 0.717) is 6.54 Å². The molecule has 1 amide bonds. The van der Waals surface area contributed by atoms with Gasteiger partial charge in [-0.25, -0.2) is 0 Å². The van der Waals surface area contributed by atoms with Gasteiger partial charge < -0.3 is 10.1 Å². The number of esters is 1. The van der Waals surface area contributed by atoms with Crippen LogP contribution in [0.3, 0.4) is 0 Å². The molecule has 66 valence electrons. The molecule has 0 spiro atoms. The average molecular weight is 171 g/mol. The monoisotopic (exact) mass is 171 g/mol. The van der Waals surface area contributed by atoms with E-state index in [9.17, 15) is 14.4 Å². The smallest absolute Gasteiger partial charge is 0.325 e. The molecule has 0 aliphatic carbocycles. The zero-order valence-corrected chi connectivity index (χ0v) is 6.62. The number of carbonyl (C=O) groups excluding carboxylic acids is 3. The van der Waals surface area contributed by atoms with Crippen molar-refractivity contribution in [1.29, 1.82) is 0 Å². The third-order valence-electron chi connectivity index (χ3n) is 1.69. The molecule has 1 aliphatic rings. The van der Waals surface area contributed by atoms with E-state index >= 15 is 0 Å². The summed E-state index contributed by atoms with van der Waals surface area (Å²) in [6.07, 6.45) is 0.200. The zero-order chi connectivity index (χ0) is 9.14. The Hall–Kier alpha value is -1.39. The van der Waals surface area contributed by atoms with E-state index in [-0.39, 0.29) is 12.2 Å². The molecule has 1 saturated heterocycles. The highest BCUT2D eigenvalue weighted by Gasteiger charge is 2.37. The van der Waals surface area contributed by atoms with Crippen LogP contribution < -0.4 is 5.32 Å². The molecule has 0 aromatic heterocycles. The fraction of sp³-hybridized carbons (Fsp3) is 0.571. The normalized spacial score (nSPS) is 23.2. The molecule has 0 aromatic rings. The second-order valence-electron chi connectivity index (χ2n) is 2.46. The van der Waals surface area contributed by atoms with Gasteiger partial charge >= 0.3 is 5.97 Å². The summed E-state index contributed by atoms with van der Waals surface area (Å²) in [4.78, 5) is 32.9. The highest BCUT2D eigenvalue weighted by atomic mass is 16.5. The van der Waals surface area contributed by atoms with E-state index in [2.05, 4.69) is 10.1 Å². The Kier molecular flexibility index (Phi) is 2.42. The summed E-state index contributed by atoms with van der Waals surface area (Å²) in [5.74, 6) is -2.95. The van der Waals surface area contributed by atoms with E-state index in [1.54, 1.807) is 0 Å². The molecule has 0 unspecified atom stereocenters. The first kappa shape index (κ1) is 8.70. The first-order valence-corrected chi connectivity index (χ1v) is 3.55. The summed E-state index contributed by atoms with van der Waals surface area (Å²) in [6.45, 7) is 0.311. The van der Waals surface area contributed by atoms with E-state index < -0.39 is 17.8 Å². The number of Topliss-reactive ketones (excluding diaryl/α,β-unsaturated/α-hetero) is 1. The summed E-state index contributed by atoms with van der Waals surface area (Å²) in [5, 5.41) is 2.42. The molecule has 0 radical (unpaired) electrons. The number of ether oxygens (including phenoxy) is 1. The van der Waals surface area contributed by atoms with Crippen LogP contribution in [0.15, 0.2) is 0 Å². The van der Waals surface area contributed by atoms with Crippen LogP contribution in [-0.4, -0.2) is 31.3 Å². The fourth-order valence-corrected chi connectivity index (χ4v) is 1.06. The van der Waals surface area contributed by atoms with Crippen molar-refractivity contribution in [3.8, 4) is 0 Å². The number of rotatable bonds is 1. The maximum absolute atomic E-state index is 11.0. The van der Waals surface area contributed by atoms with Gasteiger partial charge in [0.05, 0.1) is 7.11 Å². The minimum absolute atomic E-state index is 0.200. The lowest BCUT2D eigenvalue weighted by molar-refractivity contribution is -0.154. The topological polar surface area (TPSA) is 72.5 Å². The molecule has 5 nitrogen and oxygen atoms in total. The lowest BCUT2D eigenvalue weighted by atomic mass is 9.97. The average Bonchev–Trinajstić information content (AvgIpc) is 2.03. The lowest BCUT2D eigenvalue weighted by Gasteiger charge is -2.18. The number of ketones is 1. The van der Waals surface area contributed by atoms with Crippen LogP contribution in [0, 0.1) is 5.92 Å². The maximum atomic E-state index is 11.0. The van der Waals surface area contributed by atoms with Crippen LogP contribution in [0.1, 0.15) is 6.42 Å². The quantitative estimate of drug-likeness (QED) is 0.400. The highest BCUT2D eigenvalue weighted by molar-refractivity contribution is 6.17. The Morgan fingerprint density at radius 3 is 2.75 bits per heavy atom. The van der Waals surface area contributed by atoms with Crippen LogP contribution in [0.5, 0.6) is 0 Å². The van der Waals surface area contributed by atoms with Gasteiger partial charge in [-0.15, -0.1) is 0 Å². The second-order valence-corrected chi connectivity index (χ2v) is 2.46. The second kappa shape index (κ2) is 3.34. The number of hydrogen-bond acceptors (Lipinski definition) is 4. The molecular weight excluding hydrogens is 162 g/mol. The van der Waals surface area contributed by atoms with Crippen LogP contribution in [0.2, 0.25) is 0 Å². The van der Waals surface area contributed by atoms with Crippen LogP contribution in [0.4, 0.5) is 0 Å². The van der Waals surface area contributed by atoms with Crippen molar-refractivity contribution >= 4 is 17.7 Å². The summed E-state index contributed by atoms with van der Waals surface area (Å²) >= 11 is 0. The molecule has 0 saturated carbocycles. The van der Waals surface area contributed by atoms with E-state index in [4.69, 9.17) is 0 Å². The van der Waals surface area contributed by atoms with Gasteiger partial charge in [0, 0.05) is 13.0 Å². The van der Waals surface area contributed by atoms with E-state index in [1.807, 2.05) is 0 Å². The zero-order valence-electron chi connectivity index (χ0n) is 6.62. The molecule has 12 heavy (non-hydrogen) atoms. The van der Waals surface area contributed by atoms with Crippen molar-refractivity contribution in [3.05, 3.63) is 0 Å². The molecule has 1 atom stereocenters. The predicted octanol–water partition coefficient (Wildman–Crippen LogP) is -1.14. The van der Waals surface area contributed by atoms with E-state index in [0.717, 1.165) is 7.11 Å². The first-order valence-electron chi connectivity index (χ1n) is 3.55. The minimum atomic E-state index is -1.25. The first-order chi connectivity index (χ1) is 5.66. The minimum Gasteiger partial charge on any atom is -0.468 e. The third kappa shape index (κ3) is 1.44. The van der Waals surface area contributed by atoms with Gasteiger partial charge in [0.2, 0.25) is 5.91 Å². The molecule has 5 heteroatoms. The number of hydrogen-bond donors (Lipinski definition) is 1. The Morgan fingerprint density at radius 2 is 2.25 bits per heavy atom. The lowest BCUT2D eigenvalue weighted by Crippen LogP contribution is -2.46. The summed E-state index contributed by atoms with van der Waals surface area (Å²) in [5.41, 5.74) is 0. The van der Waals surface area contributed by atoms with Crippen molar-refractivity contribution in [1.82, 2.24) is 5.32 Å². The molecule has 1 aliphatic heterocycles. The Labute approximate surface area is 69.1 Å². The largest absolute Gasteiger partial charge is 0.468 e. The van der Waals surface area contributed by atoms with Gasteiger partial charge in [-0.2, -0.15) is 0 Å². The van der Waals surface area contributed by atoms with Gasteiger partial charge in [0.25, 0.3) is 0 Å². The van der Waals surface area contributed by atoms with Gasteiger partial charge in [0.1, 0.15) is 0 Å². The van der Waals surface area contributed by atoms with Crippen LogP contribution >= 0.6 is 0 Å². The van der Waals surface area contributed by atoms with Crippen LogP contribution in [0.25, 0.3) is 0 Å². The maximum Gasteiger partial charge on any atom is 0.325 e. The Balaban J connectivity index is 2.76. The number of amides is 1. The van der Waals surface area contributed by atoms with E-state index in [1.165, 1.54) is 0 Å². The Bertz CT molecular complexity index is 209. The van der Waals surface area contributed by atoms with Crippen molar-refractivity contribution in [2.45, 2.75) is 6.42 Å². The number of methoxy groups -OCH3 is 1. The predicted molar refractivity (Wildman–Crippen MR) is 38.1 cm³/mol.